The van der Waals surface area contributed by atoms with Crippen molar-refractivity contribution in [2.45, 2.75) is 50.0 Å². The second-order valence-corrected chi connectivity index (χ2v) is 8.84. The standard InChI is InChI=1S/C19H31N3O4S/c1-3-19(4-2,15-20)21-18(23)10-7-16-5-8-17(9-6-16)27(24,25)22-11-13-26-14-12-22/h5-6,8-9H,3-4,7,10-15,20H2,1-2H3,(H,21,23). The molecule has 1 aromatic carbocycles. The first-order valence-corrected chi connectivity index (χ1v) is 11.0. The van der Waals surface area contributed by atoms with Crippen LogP contribution in [0.2, 0.25) is 0 Å². The van der Waals surface area contributed by atoms with Gasteiger partial charge in [0, 0.05) is 26.1 Å². The number of carbonyl (C=O) groups is 1. The van der Waals surface area contributed by atoms with E-state index in [1.54, 1.807) is 24.3 Å². The number of nitrogens with two attached hydrogens (primary N) is 1. The van der Waals surface area contributed by atoms with E-state index in [0.717, 1.165) is 18.4 Å². The van der Waals surface area contributed by atoms with E-state index < -0.39 is 10.0 Å². The molecular weight excluding hydrogens is 366 g/mol. The molecule has 1 aliphatic rings. The maximum absolute atomic E-state index is 12.6. The summed E-state index contributed by atoms with van der Waals surface area (Å²) in [6.07, 6.45) is 2.48. The van der Waals surface area contributed by atoms with E-state index in [4.69, 9.17) is 10.5 Å². The minimum atomic E-state index is -3.48. The molecule has 8 heteroatoms. The van der Waals surface area contributed by atoms with E-state index in [1.807, 2.05) is 13.8 Å². The number of aryl methyl sites for hydroxylation is 1. The Labute approximate surface area is 162 Å². The van der Waals surface area contributed by atoms with Gasteiger partial charge in [-0.1, -0.05) is 26.0 Å². The van der Waals surface area contributed by atoms with E-state index in [9.17, 15) is 13.2 Å². The molecule has 0 spiro atoms. The monoisotopic (exact) mass is 397 g/mol. The molecule has 1 saturated heterocycles. The average Bonchev–Trinajstić information content (AvgIpc) is 2.71. The van der Waals surface area contributed by atoms with Crippen LogP contribution in [0.5, 0.6) is 0 Å². The molecule has 0 atom stereocenters. The molecular formula is C19H31N3O4S. The highest BCUT2D eigenvalue weighted by Crippen LogP contribution is 2.19. The lowest BCUT2D eigenvalue weighted by Gasteiger charge is -2.31. The number of morpholine rings is 1. The number of benzene rings is 1. The lowest BCUT2D eigenvalue weighted by Crippen LogP contribution is -2.52. The van der Waals surface area contributed by atoms with Crippen molar-refractivity contribution in [3.05, 3.63) is 29.8 Å². The summed E-state index contributed by atoms with van der Waals surface area (Å²) >= 11 is 0. The highest BCUT2D eigenvalue weighted by molar-refractivity contribution is 7.89. The second kappa shape index (κ2) is 9.64. The minimum Gasteiger partial charge on any atom is -0.379 e. The van der Waals surface area contributed by atoms with Gasteiger partial charge in [0.25, 0.3) is 0 Å². The van der Waals surface area contributed by atoms with Crippen LogP contribution in [-0.2, 0) is 26.0 Å². The molecule has 0 saturated carbocycles. The highest BCUT2D eigenvalue weighted by Gasteiger charge is 2.27. The van der Waals surface area contributed by atoms with Crippen molar-refractivity contribution in [3.63, 3.8) is 0 Å². The molecule has 0 unspecified atom stereocenters. The number of sulfonamides is 1. The summed E-state index contributed by atoms with van der Waals surface area (Å²) in [7, 11) is -3.48. The number of nitrogens with zero attached hydrogens (tertiary/aromatic N) is 1. The molecule has 1 fully saturated rings. The topological polar surface area (TPSA) is 102 Å². The molecule has 0 bridgehead atoms. The van der Waals surface area contributed by atoms with Gasteiger partial charge in [0.05, 0.1) is 23.6 Å². The van der Waals surface area contributed by atoms with E-state index in [-0.39, 0.29) is 16.3 Å². The average molecular weight is 398 g/mol. The fraction of sp³-hybridized carbons (Fsp3) is 0.632. The number of carbonyl (C=O) groups excluding carboxylic acids is 1. The fourth-order valence-corrected chi connectivity index (χ4v) is 4.55. The van der Waals surface area contributed by atoms with Crippen LogP contribution in [0.4, 0.5) is 0 Å². The van der Waals surface area contributed by atoms with Gasteiger partial charge < -0.3 is 15.8 Å². The number of hydrogen-bond acceptors (Lipinski definition) is 5. The molecule has 1 amide bonds. The Bertz CT molecular complexity index is 701. The zero-order valence-electron chi connectivity index (χ0n) is 16.2. The molecule has 0 aromatic heterocycles. The fourth-order valence-electron chi connectivity index (χ4n) is 3.15. The predicted molar refractivity (Wildman–Crippen MR) is 105 cm³/mol. The third kappa shape index (κ3) is 5.51. The summed E-state index contributed by atoms with van der Waals surface area (Å²) in [4.78, 5) is 12.5. The summed E-state index contributed by atoms with van der Waals surface area (Å²) < 4.78 is 31.9. The third-order valence-electron chi connectivity index (χ3n) is 5.32. The van der Waals surface area contributed by atoms with Crippen molar-refractivity contribution in [3.8, 4) is 0 Å². The van der Waals surface area contributed by atoms with Gasteiger partial charge in [0.15, 0.2) is 0 Å². The van der Waals surface area contributed by atoms with E-state index in [0.29, 0.717) is 45.7 Å². The zero-order chi connectivity index (χ0) is 19.9. The summed E-state index contributed by atoms with van der Waals surface area (Å²) in [5, 5.41) is 3.05. The molecule has 1 aromatic rings. The molecule has 0 radical (unpaired) electrons. The SMILES string of the molecule is CCC(CC)(CN)NC(=O)CCc1ccc(S(=O)(=O)N2CCOCC2)cc1. The predicted octanol–water partition coefficient (Wildman–Crippen LogP) is 1.27. The third-order valence-corrected chi connectivity index (χ3v) is 7.23. The van der Waals surface area contributed by atoms with Gasteiger partial charge in [-0.25, -0.2) is 8.42 Å². The lowest BCUT2D eigenvalue weighted by atomic mass is 9.92. The normalized spacial score (nSPS) is 16.3. The zero-order valence-corrected chi connectivity index (χ0v) is 17.1. The van der Waals surface area contributed by atoms with E-state index >= 15 is 0 Å². The Hall–Kier alpha value is -1.48. The summed E-state index contributed by atoms with van der Waals surface area (Å²) in [5.74, 6) is -0.0332. The smallest absolute Gasteiger partial charge is 0.243 e. The minimum absolute atomic E-state index is 0.0332. The number of hydrogen-bond donors (Lipinski definition) is 2. The van der Waals surface area contributed by atoms with Gasteiger partial charge in [-0.15, -0.1) is 0 Å². The van der Waals surface area contributed by atoms with Crippen LogP contribution < -0.4 is 11.1 Å². The summed E-state index contributed by atoms with van der Waals surface area (Å²) in [5.41, 5.74) is 6.41. The number of rotatable bonds is 9. The van der Waals surface area contributed by atoms with Crippen molar-refractivity contribution in [1.82, 2.24) is 9.62 Å². The lowest BCUT2D eigenvalue weighted by molar-refractivity contribution is -0.123. The molecule has 0 aliphatic carbocycles. The Kier molecular flexibility index (Phi) is 7.79. The Morgan fingerprint density at radius 1 is 1.19 bits per heavy atom. The first-order chi connectivity index (χ1) is 12.9. The van der Waals surface area contributed by atoms with Gasteiger partial charge in [-0.05, 0) is 37.0 Å². The van der Waals surface area contributed by atoms with Crippen LogP contribution in [0.1, 0.15) is 38.7 Å². The largest absolute Gasteiger partial charge is 0.379 e. The maximum Gasteiger partial charge on any atom is 0.243 e. The van der Waals surface area contributed by atoms with Gasteiger partial charge in [-0.2, -0.15) is 4.31 Å². The van der Waals surface area contributed by atoms with Crippen LogP contribution in [0.25, 0.3) is 0 Å². The molecule has 27 heavy (non-hydrogen) atoms. The maximum atomic E-state index is 12.6. The van der Waals surface area contributed by atoms with Crippen molar-refractivity contribution >= 4 is 15.9 Å². The Morgan fingerprint density at radius 2 is 1.78 bits per heavy atom. The molecule has 7 nitrogen and oxygen atoms in total. The first kappa shape index (κ1) is 21.8. The van der Waals surface area contributed by atoms with E-state index in [2.05, 4.69) is 5.32 Å². The summed E-state index contributed by atoms with van der Waals surface area (Å²) in [6.45, 7) is 6.05. The molecule has 1 heterocycles. The molecule has 1 aliphatic heterocycles. The molecule has 3 N–H and O–H groups in total. The van der Waals surface area contributed by atoms with Crippen LogP contribution in [0.15, 0.2) is 29.2 Å². The van der Waals surface area contributed by atoms with E-state index in [1.165, 1.54) is 4.31 Å². The van der Waals surface area contributed by atoms with Crippen LogP contribution in [-0.4, -0.2) is 57.0 Å². The van der Waals surface area contributed by atoms with Crippen molar-refractivity contribution < 1.29 is 17.9 Å². The Morgan fingerprint density at radius 3 is 2.30 bits per heavy atom. The van der Waals surface area contributed by atoms with Crippen molar-refractivity contribution in [2.24, 2.45) is 5.73 Å². The number of nitrogens with one attached hydrogen (secondary N) is 1. The van der Waals surface area contributed by atoms with Crippen LogP contribution in [0, 0.1) is 0 Å². The number of ether oxygens (including phenoxy) is 1. The van der Waals surface area contributed by atoms with Crippen molar-refractivity contribution in [2.75, 3.05) is 32.8 Å². The van der Waals surface area contributed by atoms with Gasteiger partial charge >= 0.3 is 0 Å². The summed E-state index contributed by atoms with van der Waals surface area (Å²) in [6, 6.07) is 6.77. The second-order valence-electron chi connectivity index (χ2n) is 6.90. The highest BCUT2D eigenvalue weighted by atomic mass is 32.2. The van der Waals surface area contributed by atoms with Crippen LogP contribution in [0.3, 0.4) is 0 Å². The Balaban J connectivity index is 1.94. The molecule has 152 valence electrons. The number of amides is 1. The quantitative estimate of drug-likeness (QED) is 0.653. The van der Waals surface area contributed by atoms with Gasteiger partial charge in [0.2, 0.25) is 15.9 Å². The first-order valence-electron chi connectivity index (χ1n) is 9.55. The van der Waals surface area contributed by atoms with Crippen LogP contribution >= 0.6 is 0 Å². The molecule has 2 rings (SSSR count). The van der Waals surface area contributed by atoms with Crippen molar-refractivity contribution in [1.29, 1.82) is 0 Å². The van der Waals surface area contributed by atoms with Gasteiger partial charge in [0.1, 0.15) is 0 Å². The van der Waals surface area contributed by atoms with Gasteiger partial charge in [-0.3, -0.25) is 4.79 Å².